The van der Waals surface area contributed by atoms with Crippen LogP contribution in [-0.2, 0) is 11.2 Å². The average molecular weight is 537 g/mol. The zero-order valence-corrected chi connectivity index (χ0v) is 21.7. The number of carbonyl (C=O) groups excluding carboxylic acids is 1. The normalized spacial score (nSPS) is 18.8. The SMILES string of the molecule is O=C(O)c1ccccc1N1CCOC(C2CCc3c(cc(-c4ccccc4)n3-c3ccccc3C(=O)O)C2=O)C1. The number of ketones is 1. The highest BCUT2D eigenvalue weighted by atomic mass is 16.5. The maximum Gasteiger partial charge on any atom is 0.337 e. The maximum absolute atomic E-state index is 14.1. The molecular formula is C32H28N2O6. The second-order valence-corrected chi connectivity index (χ2v) is 10.1. The Morgan fingerprint density at radius 1 is 0.825 bits per heavy atom. The van der Waals surface area contributed by atoms with Gasteiger partial charge in [0.15, 0.2) is 5.78 Å². The van der Waals surface area contributed by atoms with Gasteiger partial charge in [-0.1, -0.05) is 54.6 Å². The van der Waals surface area contributed by atoms with E-state index in [-0.39, 0.29) is 16.9 Å². The molecule has 3 aromatic carbocycles. The molecule has 2 heterocycles. The first-order valence-electron chi connectivity index (χ1n) is 13.3. The fourth-order valence-corrected chi connectivity index (χ4v) is 6.00. The molecule has 2 atom stereocenters. The lowest BCUT2D eigenvalue weighted by atomic mass is 9.82. The van der Waals surface area contributed by atoms with Crippen molar-refractivity contribution in [2.75, 3.05) is 24.6 Å². The van der Waals surface area contributed by atoms with Crippen molar-refractivity contribution in [3.63, 3.8) is 0 Å². The minimum absolute atomic E-state index is 0.0386. The number of anilines is 1. The van der Waals surface area contributed by atoms with Crippen LogP contribution in [0, 0.1) is 5.92 Å². The molecule has 202 valence electrons. The van der Waals surface area contributed by atoms with E-state index in [0.29, 0.717) is 49.5 Å². The Bertz CT molecular complexity index is 1610. The number of aromatic nitrogens is 1. The number of fused-ring (bicyclic) bond motifs is 1. The van der Waals surface area contributed by atoms with Gasteiger partial charge in [0, 0.05) is 24.3 Å². The number of ether oxygens (including phenoxy) is 1. The number of rotatable bonds is 6. The van der Waals surface area contributed by atoms with Crippen molar-refractivity contribution in [3.05, 3.63) is 107 Å². The molecule has 8 heteroatoms. The molecule has 1 saturated heterocycles. The Morgan fingerprint density at radius 3 is 2.15 bits per heavy atom. The molecule has 2 aliphatic rings. The summed E-state index contributed by atoms with van der Waals surface area (Å²) in [5.41, 5.74) is 4.53. The third-order valence-corrected chi connectivity index (χ3v) is 7.86. The number of morpholine rings is 1. The van der Waals surface area contributed by atoms with Crippen LogP contribution in [0.3, 0.4) is 0 Å². The van der Waals surface area contributed by atoms with Crippen molar-refractivity contribution < 1.29 is 29.3 Å². The fraction of sp³-hybridized carbons (Fsp3) is 0.219. The highest BCUT2D eigenvalue weighted by Crippen LogP contribution is 2.38. The molecular weight excluding hydrogens is 508 g/mol. The van der Waals surface area contributed by atoms with Gasteiger partial charge < -0.3 is 24.4 Å². The molecule has 4 aromatic rings. The van der Waals surface area contributed by atoms with Crippen molar-refractivity contribution in [2.45, 2.75) is 18.9 Å². The number of hydrogen-bond donors (Lipinski definition) is 2. The monoisotopic (exact) mass is 536 g/mol. The summed E-state index contributed by atoms with van der Waals surface area (Å²) in [5.74, 6) is -2.47. The molecule has 40 heavy (non-hydrogen) atoms. The largest absolute Gasteiger partial charge is 0.478 e. The lowest BCUT2D eigenvalue weighted by molar-refractivity contribution is 0.00182. The topological polar surface area (TPSA) is 109 Å². The van der Waals surface area contributed by atoms with Gasteiger partial charge >= 0.3 is 11.9 Å². The minimum atomic E-state index is -1.03. The van der Waals surface area contributed by atoms with Gasteiger partial charge in [-0.15, -0.1) is 0 Å². The number of hydrogen-bond acceptors (Lipinski definition) is 5. The number of carboxylic acids is 2. The first kappa shape index (κ1) is 25.6. The Hall–Kier alpha value is -4.69. The molecule has 8 nitrogen and oxygen atoms in total. The molecule has 0 spiro atoms. The fourth-order valence-electron chi connectivity index (χ4n) is 6.00. The van der Waals surface area contributed by atoms with Crippen LogP contribution in [-0.4, -0.2) is 58.3 Å². The van der Waals surface area contributed by atoms with E-state index >= 15 is 0 Å². The molecule has 6 rings (SSSR count). The van der Waals surface area contributed by atoms with Crippen LogP contribution < -0.4 is 4.90 Å². The second-order valence-electron chi connectivity index (χ2n) is 10.1. The Kier molecular flexibility index (Phi) is 6.69. The van der Waals surface area contributed by atoms with Gasteiger partial charge in [-0.05, 0) is 48.7 Å². The Balaban J connectivity index is 1.38. The lowest BCUT2D eigenvalue weighted by Gasteiger charge is -2.39. The Morgan fingerprint density at radius 2 is 1.45 bits per heavy atom. The van der Waals surface area contributed by atoms with Crippen molar-refractivity contribution in [2.24, 2.45) is 5.92 Å². The second kappa shape index (κ2) is 10.5. The molecule has 0 amide bonds. The maximum atomic E-state index is 14.1. The first-order chi connectivity index (χ1) is 19.4. The van der Waals surface area contributed by atoms with Gasteiger partial charge in [0.2, 0.25) is 0 Å². The van der Waals surface area contributed by atoms with Crippen molar-refractivity contribution >= 4 is 23.4 Å². The van der Waals surface area contributed by atoms with E-state index in [1.807, 2.05) is 51.9 Å². The molecule has 0 saturated carbocycles. The summed E-state index contributed by atoms with van der Waals surface area (Å²) in [6.45, 7) is 1.33. The van der Waals surface area contributed by atoms with E-state index < -0.39 is 24.0 Å². The van der Waals surface area contributed by atoms with Gasteiger partial charge in [-0.3, -0.25) is 4.79 Å². The number of carbonyl (C=O) groups is 3. The average Bonchev–Trinajstić information content (AvgIpc) is 3.38. The van der Waals surface area contributed by atoms with Crippen LogP contribution in [0.2, 0.25) is 0 Å². The summed E-state index contributed by atoms with van der Waals surface area (Å²) >= 11 is 0. The number of carboxylic acid groups (broad SMARTS) is 2. The number of Topliss-reactive ketones (excluding diaryl/α,β-unsaturated/α-hetero) is 1. The molecule has 1 aromatic heterocycles. The van der Waals surface area contributed by atoms with Crippen LogP contribution >= 0.6 is 0 Å². The summed E-state index contributed by atoms with van der Waals surface area (Å²) in [6, 6.07) is 25.3. The summed E-state index contributed by atoms with van der Waals surface area (Å²) in [4.78, 5) is 40.0. The Labute approximate surface area is 231 Å². The molecule has 2 unspecified atom stereocenters. The number of aromatic carboxylic acids is 2. The molecule has 0 bridgehead atoms. The van der Waals surface area contributed by atoms with Gasteiger partial charge in [0.1, 0.15) is 0 Å². The van der Waals surface area contributed by atoms with E-state index in [1.165, 1.54) is 0 Å². The van der Waals surface area contributed by atoms with E-state index in [2.05, 4.69) is 0 Å². The van der Waals surface area contributed by atoms with Gasteiger partial charge in [0.05, 0.1) is 46.8 Å². The number of benzene rings is 3. The van der Waals surface area contributed by atoms with Crippen molar-refractivity contribution in [3.8, 4) is 16.9 Å². The molecule has 0 radical (unpaired) electrons. The quantitative estimate of drug-likeness (QED) is 0.349. The van der Waals surface area contributed by atoms with Crippen LogP contribution in [0.5, 0.6) is 0 Å². The summed E-state index contributed by atoms with van der Waals surface area (Å²) < 4.78 is 8.03. The highest BCUT2D eigenvalue weighted by Gasteiger charge is 2.39. The van der Waals surface area contributed by atoms with Crippen molar-refractivity contribution in [1.82, 2.24) is 4.57 Å². The minimum Gasteiger partial charge on any atom is -0.478 e. The number of para-hydroxylation sites is 2. The molecule has 1 fully saturated rings. The summed E-state index contributed by atoms with van der Waals surface area (Å²) in [5, 5.41) is 19.6. The first-order valence-corrected chi connectivity index (χ1v) is 13.3. The van der Waals surface area contributed by atoms with Crippen LogP contribution in [0.25, 0.3) is 16.9 Å². The number of nitrogens with zero attached hydrogens (tertiary/aromatic N) is 2. The molecule has 2 N–H and O–H groups in total. The third kappa shape index (κ3) is 4.46. The van der Waals surface area contributed by atoms with E-state index in [1.54, 1.807) is 42.5 Å². The summed E-state index contributed by atoms with van der Waals surface area (Å²) in [7, 11) is 0. The standard InChI is InChI=1S/C32H28N2O6/c35-30-23(29-19-33(16-17-40-29)25-12-6-4-10-21(25)31(36)37)14-15-27-24(30)18-28(20-8-2-1-3-9-20)34(27)26-13-7-5-11-22(26)32(38)39/h1-13,18,23,29H,14-17,19H2,(H,36,37)(H,38,39). The molecule has 1 aliphatic carbocycles. The van der Waals surface area contributed by atoms with E-state index in [9.17, 15) is 24.6 Å². The van der Waals surface area contributed by atoms with Crippen molar-refractivity contribution in [1.29, 1.82) is 0 Å². The van der Waals surface area contributed by atoms with E-state index in [0.717, 1.165) is 17.0 Å². The van der Waals surface area contributed by atoms with Crippen LogP contribution in [0.4, 0.5) is 5.69 Å². The predicted molar refractivity (Wildman–Crippen MR) is 150 cm³/mol. The van der Waals surface area contributed by atoms with E-state index in [4.69, 9.17) is 4.74 Å². The highest BCUT2D eigenvalue weighted by molar-refractivity contribution is 6.02. The smallest absolute Gasteiger partial charge is 0.337 e. The molecule has 1 aliphatic heterocycles. The van der Waals surface area contributed by atoms with Gasteiger partial charge in [0.25, 0.3) is 0 Å². The summed E-state index contributed by atoms with van der Waals surface area (Å²) in [6.07, 6.45) is 0.710. The van der Waals surface area contributed by atoms with Crippen LogP contribution in [0.15, 0.2) is 84.9 Å². The predicted octanol–water partition coefficient (Wildman–Crippen LogP) is 5.19. The van der Waals surface area contributed by atoms with Crippen LogP contribution in [0.1, 0.15) is 43.2 Å². The third-order valence-electron chi connectivity index (χ3n) is 7.86. The lowest BCUT2D eigenvalue weighted by Crippen LogP contribution is -2.49. The zero-order chi connectivity index (χ0) is 27.8. The van der Waals surface area contributed by atoms with Gasteiger partial charge in [-0.2, -0.15) is 0 Å². The van der Waals surface area contributed by atoms with Gasteiger partial charge in [-0.25, -0.2) is 9.59 Å². The zero-order valence-electron chi connectivity index (χ0n) is 21.7.